The van der Waals surface area contributed by atoms with Crippen molar-refractivity contribution in [3.8, 4) is 0 Å². The van der Waals surface area contributed by atoms with Crippen molar-refractivity contribution in [3.63, 3.8) is 0 Å². The summed E-state index contributed by atoms with van der Waals surface area (Å²) in [5, 5.41) is 0. The van der Waals surface area contributed by atoms with E-state index in [2.05, 4.69) is 21.8 Å². The molecule has 0 aliphatic carbocycles. The Kier molecular flexibility index (Phi) is 4.21. The highest BCUT2D eigenvalue weighted by Crippen LogP contribution is 2.25. The molecule has 1 aliphatic heterocycles. The molecule has 1 fully saturated rings. The Labute approximate surface area is 113 Å². The number of likely N-dealkylation sites (N-methyl/N-ethyl adjacent to an activating group) is 1. The zero-order valence-corrected chi connectivity index (χ0v) is 11.4. The summed E-state index contributed by atoms with van der Waals surface area (Å²) in [7, 11) is 2.09. The molecule has 1 aromatic heterocycles. The lowest BCUT2D eigenvalue weighted by atomic mass is 10.2. The maximum Gasteiger partial charge on any atom is 0.340 e. The maximum absolute atomic E-state index is 11.8. The van der Waals surface area contributed by atoms with E-state index in [0.29, 0.717) is 23.7 Å². The first-order valence-corrected chi connectivity index (χ1v) is 6.48. The Hall–Kier alpha value is -1.82. The van der Waals surface area contributed by atoms with E-state index in [1.54, 1.807) is 19.2 Å². The lowest BCUT2D eigenvalue weighted by molar-refractivity contribution is 0.0527. The molecule has 0 unspecified atom stereocenters. The number of esters is 1. The molecule has 0 bridgehead atoms. The van der Waals surface area contributed by atoms with Crippen LogP contribution in [-0.4, -0.2) is 55.7 Å². The number of hydrogen-bond donors (Lipinski definition) is 1. The molecular weight excluding hydrogens is 244 g/mol. The predicted octanol–water partition coefficient (Wildman–Crippen LogP) is 0.592. The van der Waals surface area contributed by atoms with Crippen LogP contribution in [0.1, 0.15) is 17.3 Å². The van der Waals surface area contributed by atoms with Gasteiger partial charge in [0.15, 0.2) is 5.82 Å². The molecule has 19 heavy (non-hydrogen) atoms. The molecule has 1 saturated heterocycles. The van der Waals surface area contributed by atoms with E-state index in [-0.39, 0.29) is 0 Å². The first kappa shape index (κ1) is 13.6. The van der Waals surface area contributed by atoms with Crippen LogP contribution in [0.15, 0.2) is 12.3 Å². The monoisotopic (exact) mass is 264 g/mol. The van der Waals surface area contributed by atoms with Gasteiger partial charge in [-0.25, -0.2) is 9.78 Å². The van der Waals surface area contributed by atoms with Gasteiger partial charge >= 0.3 is 5.97 Å². The van der Waals surface area contributed by atoms with Crippen molar-refractivity contribution in [1.29, 1.82) is 0 Å². The standard InChI is InChI=1S/C13H20N4O2/c1-3-19-13(18)10-4-5-15-12(11(10)14)17-8-6-16(2)7-9-17/h4-5H,3,6-9,14H2,1-2H3. The van der Waals surface area contributed by atoms with Gasteiger partial charge in [0.05, 0.1) is 17.9 Å². The Balaban J connectivity index is 2.22. The summed E-state index contributed by atoms with van der Waals surface area (Å²) in [6, 6.07) is 1.60. The van der Waals surface area contributed by atoms with Gasteiger partial charge in [0.1, 0.15) is 0 Å². The molecule has 0 amide bonds. The summed E-state index contributed by atoms with van der Waals surface area (Å²) in [4.78, 5) is 20.5. The molecule has 6 nitrogen and oxygen atoms in total. The number of piperazine rings is 1. The smallest absolute Gasteiger partial charge is 0.340 e. The van der Waals surface area contributed by atoms with Crippen LogP contribution >= 0.6 is 0 Å². The second kappa shape index (κ2) is 5.88. The maximum atomic E-state index is 11.8. The average molecular weight is 264 g/mol. The van der Waals surface area contributed by atoms with Crippen LogP contribution in [0.2, 0.25) is 0 Å². The molecule has 104 valence electrons. The summed E-state index contributed by atoms with van der Waals surface area (Å²) >= 11 is 0. The summed E-state index contributed by atoms with van der Waals surface area (Å²) < 4.78 is 4.99. The topological polar surface area (TPSA) is 71.7 Å². The van der Waals surface area contributed by atoms with Crippen molar-refractivity contribution in [3.05, 3.63) is 17.8 Å². The molecule has 0 radical (unpaired) electrons. The fourth-order valence-electron chi connectivity index (χ4n) is 2.12. The Morgan fingerprint density at radius 1 is 1.42 bits per heavy atom. The summed E-state index contributed by atoms with van der Waals surface area (Å²) in [6.07, 6.45) is 1.61. The van der Waals surface area contributed by atoms with Gasteiger partial charge in [-0.05, 0) is 20.0 Å². The summed E-state index contributed by atoms with van der Waals surface area (Å²) in [5.74, 6) is 0.288. The number of nitrogens with two attached hydrogens (primary N) is 1. The van der Waals surface area contributed by atoms with Crippen LogP contribution in [0, 0.1) is 0 Å². The van der Waals surface area contributed by atoms with Gasteiger partial charge in [0.2, 0.25) is 0 Å². The second-order valence-corrected chi connectivity index (χ2v) is 4.61. The van der Waals surface area contributed by atoms with Gasteiger partial charge < -0.3 is 20.3 Å². The van der Waals surface area contributed by atoms with Crippen molar-refractivity contribution in [2.24, 2.45) is 0 Å². The number of aromatic nitrogens is 1. The number of rotatable bonds is 3. The first-order valence-electron chi connectivity index (χ1n) is 6.48. The lowest BCUT2D eigenvalue weighted by Crippen LogP contribution is -2.45. The van der Waals surface area contributed by atoms with Crippen LogP contribution in [0.4, 0.5) is 11.5 Å². The van der Waals surface area contributed by atoms with Gasteiger partial charge in [-0.2, -0.15) is 0 Å². The molecule has 2 N–H and O–H groups in total. The number of carbonyl (C=O) groups excluding carboxylic acids is 1. The van der Waals surface area contributed by atoms with E-state index in [4.69, 9.17) is 10.5 Å². The number of carbonyl (C=O) groups is 1. The largest absolute Gasteiger partial charge is 0.462 e. The number of nitrogen functional groups attached to an aromatic ring is 1. The minimum atomic E-state index is -0.391. The van der Waals surface area contributed by atoms with Crippen molar-refractivity contribution in [1.82, 2.24) is 9.88 Å². The van der Waals surface area contributed by atoms with Gasteiger partial charge in [-0.15, -0.1) is 0 Å². The third kappa shape index (κ3) is 2.96. The Bertz CT molecular complexity index is 456. The van der Waals surface area contributed by atoms with Crippen molar-refractivity contribution < 1.29 is 9.53 Å². The molecule has 2 rings (SSSR count). The third-order valence-corrected chi connectivity index (χ3v) is 3.27. The molecule has 1 aliphatic rings. The third-order valence-electron chi connectivity index (χ3n) is 3.27. The van der Waals surface area contributed by atoms with E-state index < -0.39 is 5.97 Å². The van der Waals surface area contributed by atoms with Crippen molar-refractivity contribution in [2.45, 2.75) is 6.92 Å². The average Bonchev–Trinajstić information content (AvgIpc) is 2.40. The number of ether oxygens (including phenoxy) is 1. The zero-order chi connectivity index (χ0) is 13.8. The zero-order valence-electron chi connectivity index (χ0n) is 11.4. The van der Waals surface area contributed by atoms with E-state index in [1.807, 2.05) is 0 Å². The molecular formula is C13H20N4O2. The van der Waals surface area contributed by atoms with Gasteiger partial charge in [0.25, 0.3) is 0 Å². The van der Waals surface area contributed by atoms with Crippen molar-refractivity contribution in [2.75, 3.05) is 50.5 Å². The van der Waals surface area contributed by atoms with E-state index in [0.717, 1.165) is 26.2 Å². The van der Waals surface area contributed by atoms with Crippen LogP contribution in [-0.2, 0) is 4.74 Å². The van der Waals surface area contributed by atoms with Crippen molar-refractivity contribution >= 4 is 17.5 Å². The molecule has 0 spiro atoms. The Morgan fingerprint density at radius 2 is 2.11 bits per heavy atom. The highest BCUT2D eigenvalue weighted by atomic mass is 16.5. The lowest BCUT2D eigenvalue weighted by Gasteiger charge is -2.33. The minimum absolute atomic E-state index is 0.338. The Morgan fingerprint density at radius 3 is 2.74 bits per heavy atom. The molecule has 6 heteroatoms. The highest BCUT2D eigenvalue weighted by Gasteiger charge is 2.21. The van der Waals surface area contributed by atoms with E-state index in [9.17, 15) is 4.79 Å². The molecule has 1 aromatic rings. The summed E-state index contributed by atoms with van der Waals surface area (Å²) in [6.45, 7) is 5.76. The number of pyridine rings is 1. The number of nitrogens with zero attached hydrogens (tertiary/aromatic N) is 3. The van der Waals surface area contributed by atoms with Crippen LogP contribution in [0.3, 0.4) is 0 Å². The van der Waals surface area contributed by atoms with Crippen LogP contribution in [0.5, 0.6) is 0 Å². The normalized spacial score (nSPS) is 16.4. The molecule has 0 aromatic carbocycles. The van der Waals surface area contributed by atoms with E-state index >= 15 is 0 Å². The van der Waals surface area contributed by atoms with Gasteiger partial charge in [-0.3, -0.25) is 0 Å². The predicted molar refractivity (Wildman–Crippen MR) is 74.3 cm³/mol. The minimum Gasteiger partial charge on any atom is -0.462 e. The quantitative estimate of drug-likeness (QED) is 0.806. The molecule has 2 heterocycles. The number of anilines is 2. The fourth-order valence-corrected chi connectivity index (χ4v) is 2.12. The van der Waals surface area contributed by atoms with Gasteiger partial charge in [0, 0.05) is 32.4 Å². The van der Waals surface area contributed by atoms with Crippen LogP contribution < -0.4 is 10.6 Å². The van der Waals surface area contributed by atoms with Crippen LogP contribution in [0.25, 0.3) is 0 Å². The second-order valence-electron chi connectivity index (χ2n) is 4.61. The fraction of sp³-hybridized carbons (Fsp3) is 0.538. The molecule has 0 atom stereocenters. The highest BCUT2D eigenvalue weighted by molar-refractivity contribution is 5.97. The number of hydrogen-bond acceptors (Lipinski definition) is 6. The molecule has 0 saturated carbocycles. The SMILES string of the molecule is CCOC(=O)c1ccnc(N2CCN(C)CC2)c1N. The summed E-state index contributed by atoms with van der Waals surface area (Å²) in [5.41, 5.74) is 6.86. The first-order chi connectivity index (χ1) is 9.13. The van der Waals surface area contributed by atoms with E-state index in [1.165, 1.54) is 0 Å². The van der Waals surface area contributed by atoms with Gasteiger partial charge in [-0.1, -0.05) is 0 Å².